The van der Waals surface area contributed by atoms with Gasteiger partial charge in [0.1, 0.15) is 5.56 Å². The van der Waals surface area contributed by atoms with Crippen LogP contribution in [-0.2, 0) is 17.5 Å². The van der Waals surface area contributed by atoms with Gasteiger partial charge in [-0.15, -0.1) is 0 Å². The molecule has 0 bridgehead atoms. The number of halogens is 3. The van der Waals surface area contributed by atoms with Gasteiger partial charge in [-0.05, 0) is 6.42 Å². The summed E-state index contributed by atoms with van der Waals surface area (Å²) in [7, 11) is 1.44. The van der Waals surface area contributed by atoms with Crippen LogP contribution in [0.1, 0.15) is 12.0 Å². The van der Waals surface area contributed by atoms with Crippen molar-refractivity contribution in [1.82, 2.24) is 9.55 Å². The molecule has 0 saturated heterocycles. The first-order valence-corrected chi connectivity index (χ1v) is 4.76. The standard InChI is InChI=1S/C9H11F3N2O3/c1-17-4-2-3-14-5-6(9(10,11)12)7(15)13-8(14)16/h5H,2-4H2,1H3,(H,13,15,16). The molecule has 0 aliphatic carbocycles. The molecular weight excluding hydrogens is 241 g/mol. The summed E-state index contributed by atoms with van der Waals surface area (Å²) in [6.07, 6.45) is -3.87. The average Bonchev–Trinajstić information content (AvgIpc) is 2.19. The largest absolute Gasteiger partial charge is 0.423 e. The Kier molecular flexibility index (Phi) is 4.11. The minimum atomic E-state index is -4.77. The number of aromatic amines is 1. The number of aryl methyl sites for hydroxylation is 1. The predicted molar refractivity (Wildman–Crippen MR) is 52.8 cm³/mol. The Bertz CT molecular complexity index is 489. The molecule has 0 aliphatic rings. The third kappa shape index (κ3) is 3.45. The number of rotatable bonds is 4. The van der Waals surface area contributed by atoms with E-state index in [4.69, 9.17) is 4.74 Å². The van der Waals surface area contributed by atoms with E-state index in [1.54, 1.807) is 4.98 Å². The lowest BCUT2D eigenvalue weighted by Gasteiger charge is -2.09. The number of H-pyrrole nitrogens is 1. The highest BCUT2D eigenvalue weighted by Gasteiger charge is 2.34. The quantitative estimate of drug-likeness (QED) is 0.798. The van der Waals surface area contributed by atoms with E-state index < -0.39 is 23.0 Å². The van der Waals surface area contributed by atoms with E-state index in [-0.39, 0.29) is 6.54 Å². The predicted octanol–water partition coefficient (Wildman–Crippen LogP) is 0.592. The maximum atomic E-state index is 12.4. The molecule has 0 aromatic carbocycles. The summed E-state index contributed by atoms with van der Waals surface area (Å²) in [4.78, 5) is 23.8. The molecule has 1 N–H and O–H groups in total. The van der Waals surface area contributed by atoms with Crippen molar-refractivity contribution in [2.75, 3.05) is 13.7 Å². The molecule has 5 nitrogen and oxygen atoms in total. The number of hydrogen-bond acceptors (Lipinski definition) is 3. The Morgan fingerprint density at radius 3 is 2.59 bits per heavy atom. The molecular formula is C9H11F3N2O3. The molecule has 0 amide bonds. The van der Waals surface area contributed by atoms with Gasteiger partial charge in [-0.2, -0.15) is 13.2 Å². The highest BCUT2D eigenvalue weighted by molar-refractivity contribution is 5.08. The van der Waals surface area contributed by atoms with Crippen LogP contribution in [0.4, 0.5) is 13.2 Å². The Morgan fingerprint density at radius 1 is 1.41 bits per heavy atom. The smallest absolute Gasteiger partial charge is 0.385 e. The van der Waals surface area contributed by atoms with Crippen LogP contribution in [0.5, 0.6) is 0 Å². The van der Waals surface area contributed by atoms with Crippen molar-refractivity contribution in [2.45, 2.75) is 19.1 Å². The number of hydrogen-bond donors (Lipinski definition) is 1. The Labute approximate surface area is 93.8 Å². The number of nitrogens with one attached hydrogen (secondary N) is 1. The Balaban J connectivity index is 3.07. The zero-order valence-corrected chi connectivity index (χ0v) is 9.00. The van der Waals surface area contributed by atoms with Crippen LogP contribution < -0.4 is 11.2 Å². The molecule has 1 aromatic rings. The first kappa shape index (κ1) is 13.5. The van der Waals surface area contributed by atoms with Crippen LogP contribution in [0.25, 0.3) is 0 Å². The molecule has 0 saturated carbocycles. The van der Waals surface area contributed by atoms with E-state index in [0.29, 0.717) is 19.2 Å². The fourth-order valence-corrected chi connectivity index (χ4v) is 1.26. The molecule has 0 spiro atoms. The number of ether oxygens (including phenoxy) is 1. The summed E-state index contributed by atoms with van der Waals surface area (Å²) < 4.78 is 42.7. The molecule has 8 heteroatoms. The molecule has 0 aliphatic heterocycles. The van der Waals surface area contributed by atoms with Gasteiger partial charge >= 0.3 is 11.9 Å². The van der Waals surface area contributed by atoms with Gasteiger partial charge < -0.3 is 4.74 Å². The molecule has 0 fully saturated rings. The van der Waals surface area contributed by atoms with Crippen LogP contribution in [0, 0.1) is 0 Å². The highest BCUT2D eigenvalue weighted by Crippen LogP contribution is 2.25. The summed E-state index contributed by atoms with van der Waals surface area (Å²) >= 11 is 0. The second-order valence-corrected chi connectivity index (χ2v) is 3.34. The lowest BCUT2D eigenvalue weighted by Crippen LogP contribution is -2.34. The topological polar surface area (TPSA) is 64.1 Å². The van der Waals surface area contributed by atoms with E-state index in [0.717, 1.165) is 4.57 Å². The first-order valence-electron chi connectivity index (χ1n) is 4.76. The summed E-state index contributed by atoms with van der Waals surface area (Å²) in [5.74, 6) is 0. The summed E-state index contributed by atoms with van der Waals surface area (Å²) in [5.41, 5.74) is -3.67. The van der Waals surface area contributed by atoms with Crippen molar-refractivity contribution in [3.63, 3.8) is 0 Å². The zero-order chi connectivity index (χ0) is 13.1. The molecule has 0 atom stereocenters. The molecule has 1 rings (SSSR count). The molecule has 1 heterocycles. The van der Waals surface area contributed by atoms with Crippen LogP contribution in [0.2, 0.25) is 0 Å². The maximum absolute atomic E-state index is 12.4. The SMILES string of the molecule is COCCCn1cc(C(F)(F)F)c(=O)[nH]c1=O. The Hall–Kier alpha value is -1.57. The number of alkyl halides is 3. The average molecular weight is 252 g/mol. The van der Waals surface area contributed by atoms with Gasteiger partial charge in [0.25, 0.3) is 5.56 Å². The van der Waals surface area contributed by atoms with E-state index in [9.17, 15) is 22.8 Å². The van der Waals surface area contributed by atoms with Crippen molar-refractivity contribution in [3.8, 4) is 0 Å². The highest BCUT2D eigenvalue weighted by atomic mass is 19.4. The monoisotopic (exact) mass is 252 g/mol. The lowest BCUT2D eigenvalue weighted by atomic mass is 10.3. The maximum Gasteiger partial charge on any atom is 0.423 e. The van der Waals surface area contributed by atoms with Gasteiger partial charge in [0.2, 0.25) is 0 Å². The van der Waals surface area contributed by atoms with E-state index >= 15 is 0 Å². The van der Waals surface area contributed by atoms with Crippen molar-refractivity contribution < 1.29 is 17.9 Å². The normalized spacial score (nSPS) is 11.8. The minimum absolute atomic E-state index is 0.0481. The van der Waals surface area contributed by atoms with Gasteiger partial charge in [-0.1, -0.05) is 0 Å². The summed E-state index contributed by atoms with van der Waals surface area (Å²) in [6, 6.07) is 0. The van der Waals surface area contributed by atoms with Crippen LogP contribution >= 0.6 is 0 Å². The van der Waals surface area contributed by atoms with Crippen LogP contribution in [0.3, 0.4) is 0 Å². The van der Waals surface area contributed by atoms with Gasteiger partial charge in [-0.25, -0.2) is 4.79 Å². The third-order valence-electron chi connectivity index (χ3n) is 2.06. The van der Waals surface area contributed by atoms with E-state index in [1.807, 2.05) is 0 Å². The molecule has 0 unspecified atom stereocenters. The molecule has 96 valence electrons. The number of methoxy groups -OCH3 is 1. The van der Waals surface area contributed by atoms with E-state index in [1.165, 1.54) is 7.11 Å². The van der Waals surface area contributed by atoms with Crippen molar-refractivity contribution >= 4 is 0 Å². The fourth-order valence-electron chi connectivity index (χ4n) is 1.26. The molecule has 0 radical (unpaired) electrons. The Morgan fingerprint density at radius 2 is 2.06 bits per heavy atom. The third-order valence-corrected chi connectivity index (χ3v) is 2.06. The van der Waals surface area contributed by atoms with E-state index in [2.05, 4.69) is 0 Å². The summed E-state index contributed by atoms with van der Waals surface area (Å²) in [5, 5.41) is 0. The van der Waals surface area contributed by atoms with Crippen LogP contribution in [0.15, 0.2) is 15.8 Å². The number of aromatic nitrogens is 2. The number of nitrogens with zero attached hydrogens (tertiary/aromatic N) is 1. The van der Waals surface area contributed by atoms with Gasteiger partial charge in [-0.3, -0.25) is 14.3 Å². The fraction of sp³-hybridized carbons (Fsp3) is 0.556. The molecule has 1 aromatic heterocycles. The lowest BCUT2D eigenvalue weighted by molar-refractivity contribution is -0.139. The zero-order valence-electron chi connectivity index (χ0n) is 9.00. The molecule has 17 heavy (non-hydrogen) atoms. The first-order chi connectivity index (χ1) is 7.86. The van der Waals surface area contributed by atoms with Crippen molar-refractivity contribution in [1.29, 1.82) is 0 Å². The second kappa shape index (κ2) is 5.17. The van der Waals surface area contributed by atoms with Gasteiger partial charge in [0.05, 0.1) is 0 Å². The summed E-state index contributed by atoms with van der Waals surface area (Å²) in [6.45, 7) is 0.361. The van der Waals surface area contributed by atoms with Gasteiger partial charge in [0.15, 0.2) is 0 Å². The minimum Gasteiger partial charge on any atom is -0.385 e. The van der Waals surface area contributed by atoms with Gasteiger partial charge in [0, 0.05) is 26.5 Å². The van der Waals surface area contributed by atoms with Crippen LogP contribution in [-0.4, -0.2) is 23.3 Å². The van der Waals surface area contributed by atoms with Crippen molar-refractivity contribution in [2.24, 2.45) is 0 Å². The second-order valence-electron chi connectivity index (χ2n) is 3.34. The van der Waals surface area contributed by atoms with Crippen molar-refractivity contribution in [3.05, 3.63) is 32.6 Å².